The molecule has 0 spiro atoms. The first kappa shape index (κ1) is 19.6. The van der Waals surface area contributed by atoms with E-state index in [2.05, 4.69) is 28.5 Å². The first-order valence-corrected chi connectivity index (χ1v) is 10.4. The van der Waals surface area contributed by atoms with Crippen LogP contribution in [0.4, 0.5) is 0 Å². The molecule has 3 aliphatic rings. The summed E-state index contributed by atoms with van der Waals surface area (Å²) in [5.74, 6) is 1.72. The van der Waals surface area contributed by atoms with Crippen molar-refractivity contribution in [3.05, 3.63) is 11.6 Å². The van der Waals surface area contributed by atoms with E-state index in [0.717, 1.165) is 64.2 Å². The average molecular weight is 365 g/mol. The van der Waals surface area contributed by atoms with Gasteiger partial charge in [-0.25, -0.2) is 0 Å². The number of piperidine rings is 1. The fourth-order valence-corrected chi connectivity index (χ4v) is 3.97. The summed E-state index contributed by atoms with van der Waals surface area (Å²) in [4.78, 5) is 7.40. The standard InChI is InChI=1S/C20H36N4O2/c1-2-21-20(22-9-3-17-6-12-25-13-7-17)23-19-4-10-24(11-5-19)15-18-8-14-26-16-18/h6,18-19H,2-5,7-16H2,1H3,(H2,21,22,23). The van der Waals surface area contributed by atoms with E-state index >= 15 is 0 Å². The fraction of sp³-hybridized carbons (Fsp3) is 0.850. The molecule has 0 aromatic carbocycles. The highest BCUT2D eigenvalue weighted by atomic mass is 16.5. The molecular formula is C20H36N4O2. The zero-order valence-corrected chi connectivity index (χ0v) is 16.3. The molecule has 0 aliphatic carbocycles. The smallest absolute Gasteiger partial charge is 0.191 e. The SMILES string of the molecule is CCNC(=NCCC1=CCOCC1)NC1CCN(CC2CCOC2)CC1. The summed E-state index contributed by atoms with van der Waals surface area (Å²) >= 11 is 0. The van der Waals surface area contributed by atoms with Gasteiger partial charge in [0.05, 0.1) is 19.8 Å². The fourth-order valence-electron chi connectivity index (χ4n) is 3.97. The Balaban J connectivity index is 1.38. The summed E-state index contributed by atoms with van der Waals surface area (Å²) in [6, 6.07) is 0.533. The highest BCUT2D eigenvalue weighted by Gasteiger charge is 2.24. The summed E-state index contributed by atoms with van der Waals surface area (Å²) in [5.41, 5.74) is 1.49. The molecule has 3 rings (SSSR count). The van der Waals surface area contributed by atoms with Gasteiger partial charge in [0.25, 0.3) is 0 Å². The van der Waals surface area contributed by atoms with Gasteiger partial charge in [0.1, 0.15) is 0 Å². The number of hydrogen-bond donors (Lipinski definition) is 2. The van der Waals surface area contributed by atoms with Crippen molar-refractivity contribution < 1.29 is 9.47 Å². The molecule has 2 saturated heterocycles. The van der Waals surface area contributed by atoms with Crippen molar-refractivity contribution in [2.75, 3.05) is 59.2 Å². The molecule has 0 saturated carbocycles. The Bertz CT molecular complexity index is 466. The summed E-state index contributed by atoms with van der Waals surface area (Å²) in [5, 5.41) is 7.05. The van der Waals surface area contributed by atoms with Gasteiger partial charge in [-0.2, -0.15) is 0 Å². The maximum absolute atomic E-state index is 5.51. The van der Waals surface area contributed by atoms with Crippen LogP contribution in [0.5, 0.6) is 0 Å². The van der Waals surface area contributed by atoms with Gasteiger partial charge in [0.15, 0.2) is 5.96 Å². The minimum atomic E-state index is 0.533. The van der Waals surface area contributed by atoms with Gasteiger partial charge in [-0.05, 0) is 44.9 Å². The van der Waals surface area contributed by atoms with E-state index < -0.39 is 0 Å². The van der Waals surface area contributed by atoms with E-state index in [1.165, 1.54) is 44.5 Å². The second kappa shape index (κ2) is 10.9. The molecule has 1 atom stereocenters. The van der Waals surface area contributed by atoms with Gasteiger partial charge in [-0.15, -0.1) is 0 Å². The molecule has 0 radical (unpaired) electrons. The quantitative estimate of drug-likeness (QED) is 0.410. The molecule has 6 nitrogen and oxygen atoms in total. The molecule has 0 aromatic rings. The Morgan fingerprint density at radius 3 is 2.81 bits per heavy atom. The van der Waals surface area contributed by atoms with E-state index in [4.69, 9.17) is 14.5 Å². The molecule has 0 amide bonds. The minimum Gasteiger partial charge on any atom is -0.381 e. The number of nitrogens with zero attached hydrogens (tertiary/aromatic N) is 2. The molecule has 148 valence electrons. The first-order chi connectivity index (χ1) is 12.8. The van der Waals surface area contributed by atoms with Crippen molar-refractivity contribution >= 4 is 5.96 Å². The number of likely N-dealkylation sites (tertiary alicyclic amines) is 1. The van der Waals surface area contributed by atoms with Crippen LogP contribution in [0.2, 0.25) is 0 Å². The monoisotopic (exact) mass is 364 g/mol. The highest BCUT2D eigenvalue weighted by Crippen LogP contribution is 2.17. The third-order valence-electron chi connectivity index (χ3n) is 5.57. The number of nitrogens with one attached hydrogen (secondary N) is 2. The van der Waals surface area contributed by atoms with Gasteiger partial charge in [0.2, 0.25) is 0 Å². The predicted molar refractivity (Wildman–Crippen MR) is 106 cm³/mol. The summed E-state index contributed by atoms with van der Waals surface area (Å²) < 4.78 is 10.9. The maximum Gasteiger partial charge on any atom is 0.191 e. The topological polar surface area (TPSA) is 58.1 Å². The Labute approximate surface area is 158 Å². The van der Waals surface area contributed by atoms with Crippen molar-refractivity contribution in [3.63, 3.8) is 0 Å². The number of hydrogen-bond acceptors (Lipinski definition) is 4. The second-order valence-corrected chi connectivity index (χ2v) is 7.65. The summed E-state index contributed by atoms with van der Waals surface area (Å²) in [7, 11) is 0. The van der Waals surface area contributed by atoms with E-state index in [-0.39, 0.29) is 0 Å². The van der Waals surface area contributed by atoms with Crippen molar-refractivity contribution in [1.82, 2.24) is 15.5 Å². The number of aliphatic imine (C=N–C) groups is 1. The molecule has 3 aliphatic heterocycles. The number of guanidine groups is 1. The molecule has 6 heteroatoms. The molecule has 1 unspecified atom stereocenters. The van der Waals surface area contributed by atoms with Gasteiger partial charge < -0.3 is 25.0 Å². The summed E-state index contributed by atoms with van der Waals surface area (Å²) in [6.07, 6.45) is 7.94. The van der Waals surface area contributed by atoms with Crippen molar-refractivity contribution in [1.29, 1.82) is 0 Å². The van der Waals surface area contributed by atoms with Crippen LogP contribution in [0, 0.1) is 5.92 Å². The summed E-state index contributed by atoms with van der Waals surface area (Å²) in [6.45, 7) is 11.0. The van der Waals surface area contributed by atoms with Gasteiger partial charge in [-0.3, -0.25) is 4.99 Å². The third-order valence-corrected chi connectivity index (χ3v) is 5.57. The van der Waals surface area contributed by atoms with Crippen LogP contribution in [-0.2, 0) is 9.47 Å². The Hall–Kier alpha value is -1.11. The van der Waals surface area contributed by atoms with E-state index in [9.17, 15) is 0 Å². The van der Waals surface area contributed by atoms with E-state index in [1.807, 2.05) is 0 Å². The van der Waals surface area contributed by atoms with Crippen molar-refractivity contribution in [2.24, 2.45) is 10.9 Å². The Morgan fingerprint density at radius 2 is 2.12 bits per heavy atom. The lowest BCUT2D eigenvalue weighted by Crippen LogP contribution is -2.49. The molecule has 3 heterocycles. The lowest BCUT2D eigenvalue weighted by molar-refractivity contribution is 0.150. The van der Waals surface area contributed by atoms with Gasteiger partial charge >= 0.3 is 0 Å². The number of ether oxygens (including phenoxy) is 2. The van der Waals surface area contributed by atoms with Crippen LogP contribution in [0.25, 0.3) is 0 Å². The predicted octanol–water partition coefficient (Wildman–Crippen LogP) is 1.78. The van der Waals surface area contributed by atoms with E-state index in [1.54, 1.807) is 0 Å². The van der Waals surface area contributed by atoms with E-state index in [0.29, 0.717) is 6.04 Å². The number of rotatable bonds is 7. The zero-order chi connectivity index (χ0) is 18.0. The van der Waals surface area contributed by atoms with Crippen molar-refractivity contribution in [3.8, 4) is 0 Å². The molecule has 0 bridgehead atoms. The highest BCUT2D eigenvalue weighted by molar-refractivity contribution is 5.80. The average Bonchev–Trinajstić information content (AvgIpc) is 3.17. The lowest BCUT2D eigenvalue weighted by Gasteiger charge is -2.34. The Kier molecular flexibility index (Phi) is 8.24. The maximum atomic E-state index is 5.51. The zero-order valence-electron chi connectivity index (χ0n) is 16.3. The second-order valence-electron chi connectivity index (χ2n) is 7.65. The van der Waals surface area contributed by atoms with Gasteiger partial charge in [0, 0.05) is 45.4 Å². The van der Waals surface area contributed by atoms with Crippen LogP contribution in [-0.4, -0.2) is 76.1 Å². The van der Waals surface area contributed by atoms with Crippen LogP contribution in [0.3, 0.4) is 0 Å². The Morgan fingerprint density at radius 1 is 1.23 bits per heavy atom. The molecule has 0 aromatic heterocycles. The lowest BCUT2D eigenvalue weighted by atomic mass is 10.0. The molecule has 2 N–H and O–H groups in total. The normalized spacial score (nSPS) is 26.0. The van der Waals surface area contributed by atoms with Gasteiger partial charge in [-0.1, -0.05) is 11.6 Å². The molecule has 26 heavy (non-hydrogen) atoms. The molecule has 2 fully saturated rings. The van der Waals surface area contributed by atoms with Crippen LogP contribution in [0.1, 0.15) is 39.0 Å². The third kappa shape index (κ3) is 6.56. The first-order valence-electron chi connectivity index (χ1n) is 10.4. The van der Waals surface area contributed by atoms with Crippen molar-refractivity contribution in [2.45, 2.75) is 45.1 Å². The van der Waals surface area contributed by atoms with Crippen LogP contribution < -0.4 is 10.6 Å². The molecular weight excluding hydrogens is 328 g/mol. The largest absolute Gasteiger partial charge is 0.381 e. The van der Waals surface area contributed by atoms with Crippen LogP contribution >= 0.6 is 0 Å². The minimum absolute atomic E-state index is 0.533. The van der Waals surface area contributed by atoms with Crippen LogP contribution in [0.15, 0.2) is 16.6 Å².